The maximum absolute atomic E-state index is 11.7. The molecule has 0 aliphatic heterocycles. The van der Waals surface area contributed by atoms with Gasteiger partial charge < -0.3 is 15.0 Å². The Morgan fingerprint density at radius 3 is 2.95 bits per heavy atom. The van der Waals surface area contributed by atoms with Crippen LogP contribution in [0, 0.1) is 6.92 Å². The van der Waals surface area contributed by atoms with Gasteiger partial charge in [0.2, 0.25) is 0 Å². The molecule has 22 heavy (non-hydrogen) atoms. The summed E-state index contributed by atoms with van der Waals surface area (Å²) in [6.45, 7) is 2.56. The van der Waals surface area contributed by atoms with Crippen molar-refractivity contribution in [1.82, 2.24) is 15.3 Å². The van der Waals surface area contributed by atoms with Crippen LogP contribution in [0.3, 0.4) is 0 Å². The van der Waals surface area contributed by atoms with Gasteiger partial charge in [0.1, 0.15) is 0 Å². The van der Waals surface area contributed by atoms with Crippen LogP contribution in [-0.2, 0) is 6.42 Å². The number of para-hydroxylation sites is 1. The van der Waals surface area contributed by atoms with Crippen LogP contribution in [0.15, 0.2) is 48.8 Å². The van der Waals surface area contributed by atoms with E-state index in [2.05, 4.69) is 27.4 Å². The number of nitrogens with one attached hydrogen (secondary N) is 2. The number of amides is 1. The number of hydrogen-bond donors (Lipinski definition) is 2. The smallest absolute Gasteiger partial charge is 0.409 e. The molecule has 0 radical (unpaired) electrons. The number of benzene rings is 1. The van der Waals surface area contributed by atoms with Gasteiger partial charge in [0.25, 0.3) is 0 Å². The highest BCUT2D eigenvalue weighted by Crippen LogP contribution is 2.21. The fraction of sp³-hybridized carbons (Fsp3) is 0.176. The SMILES string of the molecule is Cc1[nH]c2ccccc2c1CCNC(=O)Oc1cccnc1. The Balaban J connectivity index is 1.58. The zero-order valence-electron chi connectivity index (χ0n) is 12.3. The van der Waals surface area contributed by atoms with Crippen LogP contribution in [-0.4, -0.2) is 22.6 Å². The summed E-state index contributed by atoms with van der Waals surface area (Å²) < 4.78 is 5.13. The largest absolute Gasteiger partial charge is 0.412 e. The van der Waals surface area contributed by atoms with Gasteiger partial charge in [0, 0.05) is 29.3 Å². The zero-order chi connectivity index (χ0) is 15.4. The fourth-order valence-electron chi connectivity index (χ4n) is 2.50. The van der Waals surface area contributed by atoms with Crippen molar-refractivity contribution in [2.24, 2.45) is 0 Å². The van der Waals surface area contributed by atoms with Crippen LogP contribution in [0.2, 0.25) is 0 Å². The topological polar surface area (TPSA) is 67.0 Å². The number of carbonyl (C=O) groups is 1. The predicted octanol–water partition coefficient (Wildman–Crippen LogP) is 3.20. The van der Waals surface area contributed by atoms with E-state index in [0.29, 0.717) is 12.3 Å². The minimum atomic E-state index is -0.467. The molecule has 2 N–H and O–H groups in total. The van der Waals surface area contributed by atoms with Gasteiger partial charge in [0.05, 0.1) is 6.20 Å². The van der Waals surface area contributed by atoms with E-state index in [9.17, 15) is 4.79 Å². The standard InChI is InChI=1S/C17H17N3O2/c1-12-14(15-6-2-3-7-16(15)20-12)8-10-19-17(21)22-13-5-4-9-18-11-13/h2-7,9,11,20H,8,10H2,1H3,(H,19,21). The number of aromatic nitrogens is 2. The van der Waals surface area contributed by atoms with E-state index in [1.165, 1.54) is 17.1 Å². The average Bonchev–Trinajstić information content (AvgIpc) is 2.84. The van der Waals surface area contributed by atoms with Gasteiger partial charge in [-0.1, -0.05) is 18.2 Å². The summed E-state index contributed by atoms with van der Waals surface area (Å²) in [6.07, 6.45) is 3.41. The van der Waals surface area contributed by atoms with E-state index in [0.717, 1.165) is 17.6 Å². The molecule has 2 heterocycles. The van der Waals surface area contributed by atoms with E-state index in [1.807, 2.05) is 19.1 Å². The number of aryl methyl sites for hydroxylation is 1. The van der Waals surface area contributed by atoms with Crippen molar-refractivity contribution in [1.29, 1.82) is 0 Å². The number of pyridine rings is 1. The van der Waals surface area contributed by atoms with Gasteiger partial charge in [0.15, 0.2) is 5.75 Å². The molecule has 0 atom stereocenters. The number of hydrogen-bond acceptors (Lipinski definition) is 3. The van der Waals surface area contributed by atoms with Crippen LogP contribution in [0.4, 0.5) is 4.79 Å². The van der Waals surface area contributed by atoms with Crippen molar-refractivity contribution in [3.8, 4) is 5.75 Å². The summed E-state index contributed by atoms with van der Waals surface area (Å²) in [5.74, 6) is 0.434. The van der Waals surface area contributed by atoms with Crippen LogP contribution >= 0.6 is 0 Å². The van der Waals surface area contributed by atoms with E-state index in [4.69, 9.17) is 4.74 Å². The minimum absolute atomic E-state index is 0.434. The number of ether oxygens (including phenoxy) is 1. The zero-order valence-corrected chi connectivity index (χ0v) is 12.3. The van der Waals surface area contributed by atoms with E-state index < -0.39 is 6.09 Å². The third-order valence-corrected chi connectivity index (χ3v) is 3.52. The summed E-state index contributed by atoms with van der Waals surface area (Å²) in [4.78, 5) is 19.0. The second-order valence-electron chi connectivity index (χ2n) is 5.03. The van der Waals surface area contributed by atoms with E-state index in [-0.39, 0.29) is 0 Å². The Labute approximate surface area is 128 Å². The van der Waals surface area contributed by atoms with Crippen molar-refractivity contribution in [2.75, 3.05) is 6.54 Å². The lowest BCUT2D eigenvalue weighted by atomic mass is 10.1. The van der Waals surface area contributed by atoms with Crippen LogP contribution in [0.1, 0.15) is 11.3 Å². The molecule has 2 aromatic heterocycles. The Morgan fingerprint density at radius 1 is 1.27 bits per heavy atom. The highest BCUT2D eigenvalue weighted by Gasteiger charge is 2.09. The van der Waals surface area contributed by atoms with Gasteiger partial charge in [-0.05, 0) is 37.1 Å². The second-order valence-corrected chi connectivity index (χ2v) is 5.03. The van der Waals surface area contributed by atoms with Gasteiger partial charge in [-0.15, -0.1) is 0 Å². The van der Waals surface area contributed by atoms with Crippen molar-refractivity contribution >= 4 is 17.0 Å². The molecule has 112 valence electrons. The van der Waals surface area contributed by atoms with Gasteiger partial charge in [-0.25, -0.2) is 4.79 Å². The average molecular weight is 295 g/mol. The summed E-state index contributed by atoms with van der Waals surface area (Å²) in [6, 6.07) is 11.6. The molecule has 0 saturated carbocycles. The fourth-order valence-corrected chi connectivity index (χ4v) is 2.50. The minimum Gasteiger partial charge on any atom is -0.409 e. The molecular formula is C17H17N3O2. The monoisotopic (exact) mass is 295 g/mol. The van der Waals surface area contributed by atoms with Gasteiger partial charge >= 0.3 is 6.09 Å². The summed E-state index contributed by atoms with van der Waals surface area (Å²) in [5, 5.41) is 3.96. The molecule has 3 rings (SSSR count). The number of rotatable bonds is 4. The Bertz CT molecular complexity index is 781. The van der Waals surface area contributed by atoms with Gasteiger partial charge in [-0.2, -0.15) is 0 Å². The molecule has 3 aromatic rings. The Hall–Kier alpha value is -2.82. The highest BCUT2D eigenvalue weighted by molar-refractivity contribution is 5.84. The molecule has 5 nitrogen and oxygen atoms in total. The molecule has 1 amide bonds. The Kier molecular flexibility index (Phi) is 4.05. The molecular weight excluding hydrogens is 278 g/mol. The second kappa shape index (κ2) is 6.30. The van der Waals surface area contributed by atoms with Crippen molar-refractivity contribution in [2.45, 2.75) is 13.3 Å². The highest BCUT2D eigenvalue weighted by atomic mass is 16.6. The molecule has 0 fully saturated rings. The van der Waals surface area contributed by atoms with Crippen LogP contribution < -0.4 is 10.1 Å². The van der Waals surface area contributed by atoms with Gasteiger partial charge in [-0.3, -0.25) is 4.98 Å². The maximum Gasteiger partial charge on any atom is 0.412 e. The number of nitrogens with zero attached hydrogens (tertiary/aromatic N) is 1. The third-order valence-electron chi connectivity index (χ3n) is 3.52. The lowest BCUT2D eigenvalue weighted by molar-refractivity contribution is 0.200. The number of aromatic amines is 1. The summed E-state index contributed by atoms with van der Waals surface area (Å²) >= 11 is 0. The van der Waals surface area contributed by atoms with Crippen molar-refractivity contribution < 1.29 is 9.53 Å². The lowest BCUT2D eigenvalue weighted by Gasteiger charge is -2.06. The van der Waals surface area contributed by atoms with Crippen LogP contribution in [0.25, 0.3) is 10.9 Å². The molecule has 0 saturated heterocycles. The first-order chi connectivity index (χ1) is 10.7. The molecule has 0 aliphatic carbocycles. The predicted molar refractivity (Wildman–Crippen MR) is 85.0 cm³/mol. The first kappa shape index (κ1) is 14.1. The lowest BCUT2D eigenvalue weighted by Crippen LogP contribution is -2.28. The first-order valence-corrected chi connectivity index (χ1v) is 7.16. The number of carbonyl (C=O) groups excluding carboxylic acids is 1. The first-order valence-electron chi connectivity index (χ1n) is 7.16. The molecule has 1 aromatic carbocycles. The Morgan fingerprint density at radius 2 is 2.14 bits per heavy atom. The van der Waals surface area contributed by atoms with Crippen molar-refractivity contribution in [3.05, 3.63) is 60.0 Å². The van der Waals surface area contributed by atoms with Crippen LogP contribution in [0.5, 0.6) is 5.75 Å². The molecule has 0 unspecified atom stereocenters. The maximum atomic E-state index is 11.7. The molecule has 0 bridgehead atoms. The van der Waals surface area contributed by atoms with E-state index in [1.54, 1.807) is 18.3 Å². The normalized spacial score (nSPS) is 10.6. The molecule has 0 spiro atoms. The molecule has 0 aliphatic rings. The van der Waals surface area contributed by atoms with Crippen molar-refractivity contribution in [3.63, 3.8) is 0 Å². The van der Waals surface area contributed by atoms with E-state index >= 15 is 0 Å². The summed E-state index contributed by atoms with van der Waals surface area (Å²) in [7, 11) is 0. The number of H-pyrrole nitrogens is 1. The molecule has 5 heteroatoms. The summed E-state index contributed by atoms with van der Waals surface area (Å²) in [5.41, 5.74) is 3.47. The quantitative estimate of drug-likeness (QED) is 0.776. The number of fused-ring (bicyclic) bond motifs is 1. The third kappa shape index (κ3) is 3.09.